The molecule has 0 spiro atoms. The normalized spacial score (nSPS) is 17.3. The summed E-state index contributed by atoms with van der Waals surface area (Å²) in [5.74, 6) is 0.724. The number of benzene rings is 1. The van der Waals surface area contributed by atoms with Crippen molar-refractivity contribution in [1.29, 1.82) is 5.26 Å². The van der Waals surface area contributed by atoms with Crippen molar-refractivity contribution in [2.45, 2.75) is 32.2 Å². The standard InChI is InChI=1S/C14H15N3S/c1-9(10-4-2-5-10)17-12-7-3-6-11(8-15)13(12)16-14(17)18/h3,6-7,9-10H,2,4-5H2,1H3,(H,16,18). The molecular weight excluding hydrogens is 242 g/mol. The zero-order valence-electron chi connectivity index (χ0n) is 10.3. The molecule has 92 valence electrons. The average molecular weight is 257 g/mol. The van der Waals surface area contributed by atoms with E-state index in [0.29, 0.717) is 11.6 Å². The number of fused-ring (bicyclic) bond motifs is 1. The van der Waals surface area contributed by atoms with Gasteiger partial charge in [-0.2, -0.15) is 5.26 Å². The molecule has 1 fully saturated rings. The summed E-state index contributed by atoms with van der Waals surface area (Å²) in [5, 5.41) is 9.13. The first-order valence-corrected chi connectivity index (χ1v) is 6.76. The SMILES string of the molecule is CC(C1CCC1)n1c(=S)[nH]c2c(C#N)cccc21. The average Bonchev–Trinajstić information content (AvgIpc) is 2.62. The molecule has 0 bridgehead atoms. The van der Waals surface area contributed by atoms with Crippen molar-refractivity contribution in [2.75, 3.05) is 0 Å². The van der Waals surface area contributed by atoms with E-state index in [9.17, 15) is 0 Å². The molecule has 2 aromatic rings. The summed E-state index contributed by atoms with van der Waals surface area (Å²) in [6, 6.07) is 8.42. The smallest absolute Gasteiger partial charge is 0.178 e. The molecule has 0 amide bonds. The van der Waals surface area contributed by atoms with Gasteiger partial charge >= 0.3 is 0 Å². The Morgan fingerprint density at radius 2 is 2.28 bits per heavy atom. The summed E-state index contributed by atoms with van der Waals surface area (Å²) in [5.41, 5.74) is 2.59. The molecule has 1 N–H and O–H groups in total. The zero-order chi connectivity index (χ0) is 12.7. The number of nitrogens with zero attached hydrogens (tertiary/aromatic N) is 2. The molecule has 1 aromatic carbocycles. The molecule has 0 saturated heterocycles. The highest BCUT2D eigenvalue weighted by Crippen LogP contribution is 2.37. The molecule has 3 rings (SSSR count). The van der Waals surface area contributed by atoms with Crippen LogP contribution in [0.3, 0.4) is 0 Å². The minimum absolute atomic E-state index is 0.411. The summed E-state index contributed by atoms with van der Waals surface area (Å²) < 4.78 is 2.90. The highest BCUT2D eigenvalue weighted by atomic mass is 32.1. The van der Waals surface area contributed by atoms with Crippen LogP contribution in [0.5, 0.6) is 0 Å². The van der Waals surface area contributed by atoms with Crippen LogP contribution < -0.4 is 0 Å². The van der Waals surface area contributed by atoms with Gasteiger partial charge in [0.1, 0.15) is 6.07 Å². The Morgan fingerprint density at radius 1 is 1.50 bits per heavy atom. The van der Waals surface area contributed by atoms with Crippen molar-refractivity contribution >= 4 is 23.3 Å². The fraction of sp³-hybridized carbons (Fsp3) is 0.429. The quantitative estimate of drug-likeness (QED) is 0.828. The van der Waals surface area contributed by atoms with Crippen molar-refractivity contribution < 1.29 is 0 Å². The molecule has 18 heavy (non-hydrogen) atoms. The van der Waals surface area contributed by atoms with Gasteiger partial charge in [0.2, 0.25) is 0 Å². The number of nitrogens with one attached hydrogen (secondary N) is 1. The predicted octanol–water partition coefficient (Wildman–Crippen LogP) is 3.93. The lowest BCUT2D eigenvalue weighted by Gasteiger charge is -2.32. The van der Waals surface area contributed by atoms with E-state index in [1.54, 1.807) is 0 Å². The Hall–Kier alpha value is -1.60. The van der Waals surface area contributed by atoms with E-state index in [0.717, 1.165) is 21.7 Å². The third-order valence-corrected chi connectivity index (χ3v) is 4.41. The summed E-state index contributed by atoms with van der Waals surface area (Å²) >= 11 is 5.43. The van der Waals surface area contributed by atoms with Gasteiger partial charge < -0.3 is 9.55 Å². The Morgan fingerprint density at radius 3 is 2.89 bits per heavy atom. The van der Waals surface area contributed by atoms with Gasteiger partial charge in [0.05, 0.1) is 16.6 Å². The van der Waals surface area contributed by atoms with Crippen LogP contribution in [0.25, 0.3) is 11.0 Å². The number of para-hydroxylation sites is 1. The molecule has 1 saturated carbocycles. The van der Waals surface area contributed by atoms with Gasteiger partial charge in [0.15, 0.2) is 4.77 Å². The number of imidazole rings is 1. The molecule has 4 heteroatoms. The third-order valence-electron chi connectivity index (χ3n) is 4.11. The molecule has 1 aromatic heterocycles. The van der Waals surface area contributed by atoms with E-state index in [2.05, 4.69) is 22.5 Å². The number of rotatable bonds is 2. The second kappa shape index (κ2) is 4.25. The van der Waals surface area contributed by atoms with Crippen LogP contribution in [-0.4, -0.2) is 9.55 Å². The molecule has 3 nitrogen and oxygen atoms in total. The second-order valence-corrected chi connectivity index (χ2v) is 5.43. The van der Waals surface area contributed by atoms with Crippen LogP contribution in [0.2, 0.25) is 0 Å². The summed E-state index contributed by atoms with van der Waals surface area (Å²) in [6.45, 7) is 2.23. The van der Waals surface area contributed by atoms with E-state index in [1.165, 1.54) is 19.3 Å². The minimum Gasteiger partial charge on any atom is -0.329 e. The highest BCUT2D eigenvalue weighted by Gasteiger charge is 2.26. The lowest BCUT2D eigenvalue weighted by molar-refractivity contribution is 0.224. The van der Waals surface area contributed by atoms with E-state index in [4.69, 9.17) is 17.5 Å². The Kier molecular flexibility index (Phi) is 2.71. The number of nitriles is 1. The fourth-order valence-corrected chi connectivity index (χ4v) is 3.15. The third kappa shape index (κ3) is 1.58. The maximum atomic E-state index is 9.13. The fourth-order valence-electron chi connectivity index (χ4n) is 2.78. The van der Waals surface area contributed by atoms with Gasteiger partial charge in [-0.3, -0.25) is 0 Å². The first kappa shape index (κ1) is 11.5. The molecule has 1 atom stereocenters. The predicted molar refractivity (Wildman–Crippen MR) is 73.9 cm³/mol. The van der Waals surface area contributed by atoms with E-state index in [-0.39, 0.29) is 0 Å². The topological polar surface area (TPSA) is 44.5 Å². The van der Waals surface area contributed by atoms with Crippen LogP contribution in [-0.2, 0) is 0 Å². The lowest BCUT2D eigenvalue weighted by atomic mass is 9.80. The van der Waals surface area contributed by atoms with Gasteiger partial charge in [-0.25, -0.2) is 0 Å². The molecule has 1 aliphatic carbocycles. The molecule has 0 aliphatic heterocycles. The van der Waals surface area contributed by atoms with E-state index >= 15 is 0 Å². The van der Waals surface area contributed by atoms with Crippen molar-refractivity contribution in [2.24, 2.45) is 5.92 Å². The number of H-pyrrole nitrogens is 1. The minimum atomic E-state index is 0.411. The zero-order valence-corrected chi connectivity index (χ0v) is 11.1. The molecule has 1 aliphatic rings. The van der Waals surface area contributed by atoms with Crippen LogP contribution >= 0.6 is 12.2 Å². The molecule has 1 unspecified atom stereocenters. The van der Waals surface area contributed by atoms with E-state index in [1.807, 2.05) is 18.2 Å². The monoisotopic (exact) mass is 257 g/mol. The number of aromatic nitrogens is 2. The van der Waals surface area contributed by atoms with Gasteiger partial charge in [-0.1, -0.05) is 12.5 Å². The van der Waals surface area contributed by atoms with Gasteiger partial charge in [-0.15, -0.1) is 0 Å². The molecular formula is C14H15N3S. The first-order chi connectivity index (χ1) is 8.72. The first-order valence-electron chi connectivity index (χ1n) is 6.35. The van der Waals surface area contributed by atoms with Crippen molar-refractivity contribution in [3.8, 4) is 6.07 Å². The van der Waals surface area contributed by atoms with Gasteiger partial charge in [-0.05, 0) is 50.0 Å². The van der Waals surface area contributed by atoms with Gasteiger partial charge in [0, 0.05) is 6.04 Å². The molecule has 0 radical (unpaired) electrons. The number of hydrogen-bond donors (Lipinski definition) is 1. The van der Waals surface area contributed by atoms with Crippen LogP contribution in [0.15, 0.2) is 18.2 Å². The van der Waals surface area contributed by atoms with Crippen LogP contribution in [0.4, 0.5) is 0 Å². The summed E-state index contributed by atoms with van der Waals surface area (Å²) in [6.07, 6.45) is 3.90. The maximum absolute atomic E-state index is 9.13. The maximum Gasteiger partial charge on any atom is 0.178 e. The Labute approximate surface area is 111 Å². The van der Waals surface area contributed by atoms with Crippen molar-refractivity contribution in [3.05, 3.63) is 28.5 Å². The second-order valence-electron chi connectivity index (χ2n) is 5.04. The largest absolute Gasteiger partial charge is 0.329 e. The number of hydrogen-bond acceptors (Lipinski definition) is 2. The van der Waals surface area contributed by atoms with Crippen LogP contribution in [0, 0.1) is 22.0 Å². The van der Waals surface area contributed by atoms with Crippen molar-refractivity contribution in [1.82, 2.24) is 9.55 Å². The van der Waals surface area contributed by atoms with Crippen molar-refractivity contribution in [3.63, 3.8) is 0 Å². The van der Waals surface area contributed by atoms with E-state index < -0.39 is 0 Å². The summed E-state index contributed by atoms with van der Waals surface area (Å²) in [4.78, 5) is 3.19. The van der Waals surface area contributed by atoms with Gasteiger partial charge in [0.25, 0.3) is 0 Å². The summed E-state index contributed by atoms with van der Waals surface area (Å²) in [7, 11) is 0. The highest BCUT2D eigenvalue weighted by molar-refractivity contribution is 7.71. The Balaban J connectivity index is 2.20. The lowest BCUT2D eigenvalue weighted by Crippen LogP contribution is -2.22. The number of aromatic amines is 1. The molecule has 1 heterocycles. The Bertz CT molecular complexity index is 685. The van der Waals surface area contributed by atoms with Crippen LogP contribution in [0.1, 0.15) is 37.8 Å².